The van der Waals surface area contributed by atoms with Crippen LogP contribution in [0.5, 0.6) is 5.75 Å². The number of ether oxygens (including phenoxy) is 2. The molecule has 0 aliphatic heterocycles. The van der Waals surface area contributed by atoms with Gasteiger partial charge in [0.2, 0.25) is 0 Å². The van der Waals surface area contributed by atoms with E-state index in [1.165, 1.54) is 25.3 Å². The molecule has 2 rings (SSSR count). The summed E-state index contributed by atoms with van der Waals surface area (Å²) in [6.07, 6.45) is -3.70. The maximum Gasteiger partial charge on any atom is 0.573 e. The minimum atomic E-state index is -4.84. The highest BCUT2D eigenvalue weighted by molar-refractivity contribution is 6.32. The lowest BCUT2D eigenvalue weighted by Crippen LogP contribution is -2.17. The van der Waals surface area contributed by atoms with E-state index in [1.807, 2.05) is 0 Å². The molecule has 0 aliphatic rings. The van der Waals surface area contributed by atoms with Gasteiger partial charge in [-0.1, -0.05) is 11.6 Å². The van der Waals surface area contributed by atoms with Gasteiger partial charge in [0, 0.05) is 5.56 Å². The van der Waals surface area contributed by atoms with Crippen LogP contribution in [-0.4, -0.2) is 29.4 Å². The van der Waals surface area contributed by atoms with E-state index < -0.39 is 18.1 Å². The Hall–Kier alpha value is -2.35. The number of rotatable bonds is 3. The highest BCUT2D eigenvalue weighted by Crippen LogP contribution is 2.33. The number of carbonyl (C=O) groups is 1. The number of halogens is 4. The van der Waals surface area contributed by atoms with Crippen LogP contribution in [0.15, 0.2) is 30.6 Å². The largest absolute Gasteiger partial charge is 0.573 e. The minimum Gasteiger partial charge on any atom is -0.464 e. The van der Waals surface area contributed by atoms with Gasteiger partial charge in [0.05, 0.1) is 17.8 Å². The molecule has 0 spiro atoms. The van der Waals surface area contributed by atoms with E-state index in [2.05, 4.69) is 19.4 Å². The van der Waals surface area contributed by atoms with Gasteiger partial charge < -0.3 is 9.47 Å². The Labute approximate surface area is 127 Å². The van der Waals surface area contributed by atoms with E-state index in [4.69, 9.17) is 11.6 Å². The number of carbonyl (C=O) groups excluding carboxylic acids is 1. The van der Waals surface area contributed by atoms with Crippen molar-refractivity contribution in [2.24, 2.45) is 0 Å². The Morgan fingerprint density at radius 1 is 1.23 bits per heavy atom. The molecule has 0 atom stereocenters. The predicted molar refractivity (Wildman–Crippen MR) is 70.5 cm³/mol. The maximum absolute atomic E-state index is 12.2. The molecule has 9 heteroatoms. The van der Waals surface area contributed by atoms with Crippen molar-refractivity contribution in [2.45, 2.75) is 6.36 Å². The fourth-order valence-corrected chi connectivity index (χ4v) is 1.82. The summed E-state index contributed by atoms with van der Waals surface area (Å²) in [5, 5.41) is -0.243. The summed E-state index contributed by atoms with van der Waals surface area (Å²) >= 11 is 5.75. The number of hydrogen-bond donors (Lipinski definition) is 0. The molecule has 0 aliphatic carbocycles. The van der Waals surface area contributed by atoms with E-state index in [1.54, 1.807) is 0 Å². The SMILES string of the molecule is COC(=O)c1cc(-c2ccc(OC(F)(F)F)c(Cl)c2)ncn1. The van der Waals surface area contributed by atoms with Crippen LogP contribution in [0, 0.1) is 0 Å². The summed E-state index contributed by atoms with van der Waals surface area (Å²) in [6.45, 7) is 0. The molecule has 0 fully saturated rings. The molecule has 2 aromatic rings. The minimum absolute atomic E-state index is 0.0132. The first-order valence-corrected chi connectivity index (χ1v) is 6.14. The summed E-state index contributed by atoms with van der Waals surface area (Å²) in [4.78, 5) is 19.1. The quantitative estimate of drug-likeness (QED) is 0.805. The summed E-state index contributed by atoms with van der Waals surface area (Å²) < 4.78 is 44.8. The molecular formula is C13H8ClF3N2O3. The van der Waals surface area contributed by atoms with E-state index in [0.717, 1.165) is 12.4 Å². The molecule has 0 amide bonds. The van der Waals surface area contributed by atoms with Crippen LogP contribution in [0.1, 0.15) is 10.5 Å². The number of esters is 1. The van der Waals surface area contributed by atoms with Crippen molar-refractivity contribution in [2.75, 3.05) is 7.11 Å². The van der Waals surface area contributed by atoms with Crippen molar-refractivity contribution >= 4 is 17.6 Å². The smallest absolute Gasteiger partial charge is 0.464 e. The number of benzene rings is 1. The van der Waals surface area contributed by atoms with Gasteiger partial charge in [-0.25, -0.2) is 14.8 Å². The van der Waals surface area contributed by atoms with Crippen LogP contribution in [0.2, 0.25) is 5.02 Å². The number of hydrogen-bond acceptors (Lipinski definition) is 5. The predicted octanol–water partition coefficient (Wildman–Crippen LogP) is 3.48. The van der Waals surface area contributed by atoms with Gasteiger partial charge in [-0.3, -0.25) is 0 Å². The number of alkyl halides is 3. The average molecular weight is 333 g/mol. The Morgan fingerprint density at radius 2 is 1.95 bits per heavy atom. The molecule has 1 heterocycles. The summed E-state index contributed by atoms with van der Waals surface area (Å²) in [5.74, 6) is -1.19. The molecule has 0 N–H and O–H groups in total. The molecule has 22 heavy (non-hydrogen) atoms. The molecule has 0 radical (unpaired) electrons. The molecule has 0 saturated heterocycles. The van der Waals surface area contributed by atoms with Crippen LogP contribution >= 0.6 is 11.6 Å². The summed E-state index contributed by atoms with van der Waals surface area (Å²) in [6, 6.07) is 4.97. The normalized spacial score (nSPS) is 11.1. The van der Waals surface area contributed by atoms with Gasteiger partial charge in [-0.15, -0.1) is 13.2 Å². The Morgan fingerprint density at radius 3 is 2.55 bits per heavy atom. The Balaban J connectivity index is 2.34. The second-order valence-corrected chi connectivity index (χ2v) is 4.38. The van der Waals surface area contributed by atoms with Crippen LogP contribution in [0.3, 0.4) is 0 Å². The van der Waals surface area contributed by atoms with E-state index in [9.17, 15) is 18.0 Å². The zero-order valence-electron chi connectivity index (χ0n) is 11.0. The summed E-state index contributed by atoms with van der Waals surface area (Å²) in [5.41, 5.74) is 0.710. The molecule has 0 saturated carbocycles. The highest BCUT2D eigenvalue weighted by Gasteiger charge is 2.32. The first kappa shape index (κ1) is 16.0. The fraction of sp³-hybridized carbons (Fsp3) is 0.154. The molecule has 0 bridgehead atoms. The zero-order chi connectivity index (χ0) is 16.3. The second-order valence-electron chi connectivity index (χ2n) is 3.97. The molecule has 1 aromatic carbocycles. The lowest BCUT2D eigenvalue weighted by atomic mass is 10.1. The lowest BCUT2D eigenvalue weighted by Gasteiger charge is -2.11. The summed E-state index contributed by atoms with van der Waals surface area (Å²) in [7, 11) is 1.20. The van der Waals surface area contributed by atoms with Gasteiger partial charge in [0.1, 0.15) is 12.1 Å². The van der Waals surface area contributed by atoms with Crippen molar-refractivity contribution in [1.29, 1.82) is 0 Å². The first-order valence-electron chi connectivity index (χ1n) is 5.76. The van der Waals surface area contributed by atoms with Gasteiger partial charge in [-0.05, 0) is 24.3 Å². The molecule has 1 aromatic heterocycles. The third-order valence-electron chi connectivity index (χ3n) is 2.51. The van der Waals surface area contributed by atoms with Crippen LogP contribution in [-0.2, 0) is 4.74 Å². The lowest BCUT2D eigenvalue weighted by molar-refractivity contribution is -0.274. The first-order chi connectivity index (χ1) is 10.3. The van der Waals surface area contributed by atoms with E-state index in [-0.39, 0.29) is 10.7 Å². The van der Waals surface area contributed by atoms with Crippen molar-refractivity contribution < 1.29 is 27.4 Å². The van der Waals surface area contributed by atoms with Gasteiger partial charge in [0.15, 0.2) is 5.69 Å². The molecule has 0 unspecified atom stereocenters. The number of nitrogens with zero attached hydrogens (tertiary/aromatic N) is 2. The topological polar surface area (TPSA) is 61.3 Å². The molecule has 116 valence electrons. The van der Waals surface area contributed by atoms with Crippen LogP contribution in [0.4, 0.5) is 13.2 Å². The highest BCUT2D eigenvalue weighted by atomic mass is 35.5. The van der Waals surface area contributed by atoms with Crippen LogP contribution in [0.25, 0.3) is 11.3 Å². The maximum atomic E-state index is 12.2. The van der Waals surface area contributed by atoms with Crippen molar-refractivity contribution in [1.82, 2.24) is 9.97 Å². The van der Waals surface area contributed by atoms with Crippen molar-refractivity contribution in [3.05, 3.63) is 41.3 Å². The standard InChI is InChI=1S/C13H8ClF3N2O3/c1-21-12(20)10-5-9(18-6-19-10)7-2-3-11(8(14)4-7)22-13(15,16)17/h2-6H,1H3. The van der Waals surface area contributed by atoms with Gasteiger partial charge in [-0.2, -0.15) is 0 Å². The zero-order valence-corrected chi connectivity index (χ0v) is 11.8. The van der Waals surface area contributed by atoms with Gasteiger partial charge >= 0.3 is 12.3 Å². The Kier molecular flexibility index (Phi) is 4.51. The third-order valence-corrected chi connectivity index (χ3v) is 2.81. The van der Waals surface area contributed by atoms with Crippen molar-refractivity contribution in [3.8, 4) is 17.0 Å². The number of aromatic nitrogens is 2. The molecule has 5 nitrogen and oxygen atoms in total. The molecular weight excluding hydrogens is 325 g/mol. The van der Waals surface area contributed by atoms with Crippen molar-refractivity contribution in [3.63, 3.8) is 0 Å². The Bertz CT molecular complexity index is 707. The van der Waals surface area contributed by atoms with E-state index in [0.29, 0.717) is 11.3 Å². The third kappa shape index (κ3) is 3.85. The number of methoxy groups -OCH3 is 1. The van der Waals surface area contributed by atoms with Crippen LogP contribution < -0.4 is 4.74 Å². The monoisotopic (exact) mass is 332 g/mol. The average Bonchev–Trinajstić information content (AvgIpc) is 2.47. The second kappa shape index (κ2) is 6.18. The van der Waals surface area contributed by atoms with E-state index >= 15 is 0 Å². The fourth-order valence-electron chi connectivity index (χ4n) is 1.60. The van der Waals surface area contributed by atoms with Gasteiger partial charge in [0.25, 0.3) is 0 Å².